The van der Waals surface area contributed by atoms with Crippen LogP contribution in [0.5, 0.6) is 0 Å². The molecule has 0 radical (unpaired) electrons. The molecular weight excluding hydrogens is 385 g/mol. The largest absolute Gasteiger partial charge is 0.469 e. The second-order valence-electron chi connectivity index (χ2n) is 8.47. The van der Waals surface area contributed by atoms with Crippen LogP contribution in [0.1, 0.15) is 43.7 Å². The number of anilines is 2. The van der Waals surface area contributed by atoms with E-state index in [0.29, 0.717) is 32.5 Å². The molecule has 9 heteroatoms. The first-order valence-corrected chi connectivity index (χ1v) is 9.79. The summed E-state index contributed by atoms with van der Waals surface area (Å²) in [5, 5.41) is 9.43. The summed E-state index contributed by atoms with van der Waals surface area (Å²) in [6, 6.07) is 2.79. The van der Waals surface area contributed by atoms with Gasteiger partial charge in [-0.15, -0.1) is 0 Å². The van der Waals surface area contributed by atoms with Crippen molar-refractivity contribution < 1.29 is 22.7 Å². The van der Waals surface area contributed by atoms with Gasteiger partial charge in [0.15, 0.2) is 0 Å². The molecule has 0 N–H and O–H groups in total. The molecule has 2 aliphatic heterocycles. The lowest BCUT2D eigenvalue weighted by Crippen LogP contribution is -2.47. The third kappa shape index (κ3) is 3.28. The topological polar surface area (TPSA) is 69.5 Å². The molecule has 0 amide bonds. The van der Waals surface area contributed by atoms with Crippen molar-refractivity contribution in [2.45, 2.75) is 44.8 Å². The van der Waals surface area contributed by atoms with E-state index in [1.54, 1.807) is 11.0 Å². The van der Waals surface area contributed by atoms with Gasteiger partial charge < -0.3 is 14.5 Å². The van der Waals surface area contributed by atoms with Crippen LogP contribution in [0.25, 0.3) is 0 Å². The number of hydrogen-bond acceptors (Lipinski definition) is 6. The highest BCUT2D eigenvalue weighted by molar-refractivity contribution is 5.74. The van der Waals surface area contributed by atoms with Crippen molar-refractivity contribution in [3.05, 3.63) is 17.2 Å². The first kappa shape index (κ1) is 19.8. The Morgan fingerprint density at radius 2 is 2.10 bits per heavy atom. The molecule has 0 unspecified atom stereocenters. The van der Waals surface area contributed by atoms with E-state index in [2.05, 4.69) is 4.98 Å². The Bertz CT molecular complexity index is 874. The predicted octanol–water partition coefficient (Wildman–Crippen LogP) is 3.35. The molecular formula is C20H23F3N4O2. The highest BCUT2D eigenvalue weighted by atomic mass is 19.4. The molecule has 29 heavy (non-hydrogen) atoms. The van der Waals surface area contributed by atoms with Crippen molar-refractivity contribution in [1.82, 2.24) is 4.98 Å². The van der Waals surface area contributed by atoms with Crippen LogP contribution in [0.4, 0.5) is 24.8 Å². The summed E-state index contributed by atoms with van der Waals surface area (Å²) < 4.78 is 45.9. The minimum absolute atomic E-state index is 0.0586. The second kappa shape index (κ2) is 6.78. The number of aromatic nitrogens is 1. The predicted molar refractivity (Wildman–Crippen MR) is 99.4 cm³/mol. The average molecular weight is 408 g/mol. The second-order valence-corrected chi connectivity index (χ2v) is 8.47. The first-order valence-electron chi connectivity index (χ1n) is 9.79. The Morgan fingerprint density at radius 1 is 1.38 bits per heavy atom. The van der Waals surface area contributed by atoms with Crippen LogP contribution in [0.3, 0.4) is 0 Å². The van der Waals surface area contributed by atoms with E-state index in [9.17, 15) is 23.2 Å². The van der Waals surface area contributed by atoms with Crippen LogP contribution in [0, 0.1) is 22.7 Å². The van der Waals surface area contributed by atoms with Crippen molar-refractivity contribution in [2.75, 3.05) is 36.5 Å². The number of hydrogen-bond donors (Lipinski definition) is 0. The molecule has 1 spiro atoms. The number of nitrogens with zero attached hydrogens (tertiary/aromatic N) is 4. The van der Waals surface area contributed by atoms with E-state index < -0.39 is 17.3 Å². The molecule has 4 rings (SSSR count). The fraction of sp³-hybridized carbons (Fsp3) is 0.650. The molecule has 3 aliphatic rings. The van der Waals surface area contributed by atoms with E-state index in [-0.39, 0.29) is 35.0 Å². The van der Waals surface area contributed by atoms with Crippen LogP contribution in [0.2, 0.25) is 0 Å². The summed E-state index contributed by atoms with van der Waals surface area (Å²) in [5.74, 6) is 0.0259. The summed E-state index contributed by atoms with van der Waals surface area (Å²) in [7, 11) is 1.37. The Morgan fingerprint density at radius 3 is 2.62 bits per heavy atom. The normalized spacial score (nSPS) is 28.7. The number of pyridine rings is 1. The van der Waals surface area contributed by atoms with Gasteiger partial charge in [0, 0.05) is 25.7 Å². The van der Waals surface area contributed by atoms with Crippen molar-refractivity contribution in [3.8, 4) is 6.07 Å². The summed E-state index contributed by atoms with van der Waals surface area (Å²) in [5.41, 5.74) is -1.41. The fourth-order valence-electron chi connectivity index (χ4n) is 4.84. The minimum Gasteiger partial charge on any atom is -0.469 e. The van der Waals surface area contributed by atoms with Crippen molar-refractivity contribution in [1.29, 1.82) is 5.26 Å². The molecule has 6 nitrogen and oxygen atoms in total. The van der Waals surface area contributed by atoms with Crippen molar-refractivity contribution >= 4 is 17.6 Å². The molecule has 1 atom stereocenters. The van der Waals surface area contributed by atoms with E-state index in [1.165, 1.54) is 7.11 Å². The number of halogens is 3. The third-order valence-electron chi connectivity index (χ3n) is 6.65. The summed E-state index contributed by atoms with van der Waals surface area (Å²) in [6.07, 6.45) is -1.59. The van der Waals surface area contributed by atoms with Crippen molar-refractivity contribution in [2.24, 2.45) is 11.3 Å². The standard InChI is InChI=1S/C20H23F3N4O2/c1-12-3-5-27(12)17-14(10-24)15(20(21,22)23)7-16(25-17)26-6-4-19(11-26)8-13(9-19)18(28)29-2/h7,12-13H,3-6,8-9,11H2,1-2H3/t12-,13?,19?/m0/s1. The first-order chi connectivity index (χ1) is 13.7. The van der Waals surface area contributed by atoms with Gasteiger partial charge in [-0.3, -0.25) is 4.79 Å². The van der Waals surface area contributed by atoms with Gasteiger partial charge >= 0.3 is 12.1 Å². The third-order valence-corrected chi connectivity index (χ3v) is 6.65. The molecule has 0 aromatic carbocycles. The number of alkyl halides is 3. The molecule has 1 saturated carbocycles. The highest BCUT2D eigenvalue weighted by Crippen LogP contribution is 2.53. The van der Waals surface area contributed by atoms with Crippen LogP contribution in [-0.4, -0.2) is 43.7 Å². The zero-order chi connectivity index (χ0) is 21.0. The maximum Gasteiger partial charge on any atom is 0.417 e. The molecule has 1 aromatic rings. The zero-order valence-corrected chi connectivity index (χ0v) is 16.4. The average Bonchev–Trinajstić information content (AvgIpc) is 3.09. The Labute approximate surface area is 167 Å². The smallest absolute Gasteiger partial charge is 0.417 e. The number of methoxy groups -OCH3 is 1. The van der Waals surface area contributed by atoms with Crippen LogP contribution in [-0.2, 0) is 15.7 Å². The molecule has 156 valence electrons. The number of nitriles is 1. The van der Waals surface area contributed by atoms with Gasteiger partial charge in [0.1, 0.15) is 23.3 Å². The maximum absolute atomic E-state index is 13.7. The van der Waals surface area contributed by atoms with E-state index >= 15 is 0 Å². The highest BCUT2D eigenvalue weighted by Gasteiger charge is 2.52. The van der Waals surface area contributed by atoms with Crippen LogP contribution < -0.4 is 9.80 Å². The van der Waals surface area contributed by atoms with Gasteiger partial charge in [-0.05, 0) is 44.1 Å². The lowest BCUT2D eigenvalue weighted by Gasteiger charge is -2.43. The summed E-state index contributed by atoms with van der Waals surface area (Å²) in [4.78, 5) is 19.8. The van der Waals surface area contributed by atoms with Gasteiger partial charge in [-0.25, -0.2) is 4.98 Å². The van der Waals surface area contributed by atoms with Gasteiger partial charge in [-0.1, -0.05) is 0 Å². The number of esters is 1. The van der Waals surface area contributed by atoms with E-state index in [0.717, 1.165) is 18.9 Å². The molecule has 3 heterocycles. The van der Waals surface area contributed by atoms with Crippen molar-refractivity contribution in [3.63, 3.8) is 0 Å². The molecule has 1 aliphatic carbocycles. The van der Waals surface area contributed by atoms with Gasteiger partial charge in [0.05, 0.1) is 18.6 Å². The number of rotatable bonds is 3. The van der Waals surface area contributed by atoms with Gasteiger partial charge in [-0.2, -0.15) is 18.4 Å². The number of carbonyl (C=O) groups is 1. The van der Waals surface area contributed by atoms with Crippen LogP contribution in [0.15, 0.2) is 6.07 Å². The Kier molecular flexibility index (Phi) is 4.63. The molecule has 1 aromatic heterocycles. The molecule has 3 fully saturated rings. The fourth-order valence-corrected chi connectivity index (χ4v) is 4.84. The van der Waals surface area contributed by atoms with Gasteiger partial charge in [0.2, 0.25) is 0 Å². The Hall–Kier alpha value is -2.50. The summed E-state index contributed by atoms with van der Waals surface area (Å²) in [6.45, 7) is 3.65. The SMILES string of the molecule is COC(=O)C1CC2(CCN(c3cc(C(F)(F)F)c(C#N)c(N4CC[C@@H]4C)n3)C2)C1. The quantitative estimate of drug-likeness (QED) is 0.715. The van der Waals surface area contributed by atoms with E-state index in [4.69, 9.17) is 4.74 Å². The summed E-state index contributed by atoms with van der Waals surface area (Å²) >= 11 is 0. The minimum atomic E-state index is -4.63. The molecule has 0 bridgehead atoms. The van der Waals surface area contributed by atoms with E-state index in [1.807, 2.05) is 11.8 Å². The van der Waals surface area contributed by atoms with Gasteiger partial charge in [0.25, 0.3) is 0 Å². The lowest BCUT2D eigenvalue weighted by molar-refractivity contribution is -0.153. The molecule has 2 saturated heterocycles. The number of carbonyl (C=O) groups excluding carboxylic acids is 1. The monoisotopic (exact) mass is 408 g/mol. The lowest BCUT2D eigenvalue weighted by atomic mass is 9.61. The maximum atomic E-state index is 13.7. The number of ether oxygens (including phenoxy) is 1. The van der Waals surface area contributed by atoms with Crippen LogP contribution >= 0.6 is 0 Å². The zero-order valence-electron chi connectivity index (χ0n) is 16.4. The Balaban J connectivity index is 1.64.